The predicted octanol–water partition coefficient (Wildman–Crippen LogP) is 0.547. The molecule has 1 aliphatic heterocycles. The molecule has 0 unspecified atom stereocenters. The maximum atomic E-state index is 5.54. The van der Waals surface area contributed by atoms with Gasteiger partial charge in [-0.2, -0.15) is 0 Å². The first-order chi connectivity index (χ1) is 7.72. The van der Waals surface area contributed by atoms with Crippen LogP contribution in [0, 0.1) is 0 Å². The number of aryl methyl sites for hydroxylation is 1. The highest BCUT2D eigenvalue weighted by molar-refractivity contribution is 5.19. The van der Waals surface area contributed by atoms with Gasteiger partial charge in [-0.3, -0.25) is 9.58 Å². The van der Waals surface area contributed by atoms with E-state index >= 15 is 0 Å². The molecule has 1 aliphatic rings. The van der Waals surface area contributed by atoms with Gasteiger partial charge in [0.2, 0.25) is 0 Å². The highest BCUT2D eigenvalue weighted by Gasteiger charge is 2.28. The lowest BCUT2D eigenvalue weighted by molar-refractivity contribution is 0.121. The highest BCUT2D eigenvalue weighted by Crippen LogP contribution is 2.25. The third kappa shape index (κ3) is 2.15. The molecule has 0 amide bonds. The van der Waals surface area contributed by atoms with Crippen LogP contribution >= 0.6 is 0 Å². The van der Waals surface area contributed by atoms with Crippen LogP contribution in [-0.4, -0.2) is 46.7 Å². The van der Waals surface area contributed by atoms with E-state index in [4.69, 9.17) is 4.74 Å². The lowest BCUT2D eigenvalue weighted by atomic mass is 9.99. The van der Waals surface area contributed by atoms with E-state index in [0.29, 0.717) is 19.1 Å². The fourth-order valence-corrected chi connectivity index (χ4v) is 2.23. The van der Waals surface area contributed by atoms with Gasteiger partial charge in [0.1, 0.15) is 5.69 Å². The summed E-state index contributed by atoms with van der Waals surface area (Å²) in [6.45, 7) is 6.81. The van der Waals surface area contributed by atoms with Gasteiger partial charge in [-0.05, 0) is 7.05 Å². The van der Waals surface area contributed by atoms with Gasteiger partial charge in [-0.15, -0.1) is 11.7 Å². The second-order valence-corrected chi connectivity index (χ2v) is 4.26. The van der Waals surface area contributed by atoms with E-state index in [1.807, 2.05) is 11.7 Å². The molecule has 0 aromatic carbocycles. The number of aromatic nitrogens is 3. The zero-order valence-corrected chi connectivity index (χ0v) is 9.89. The molecule has 0 saturated carbocycles. The molecule has 0 spiro atoms. The Bertz CT molecular complexity index is 374. The zero-order valence-electron chi connectivity index (χ0n) is 9.89. The highest BCUT2D eigenvalue weighted by atomic mass is 16.5. The molecule has 0 saturated heterocycles. The van der Waals surface area contributed by atoms with Gasteiger partial charge in [0, 0.05) is 26.1 Å². The van der Waals surface area contributed by atoms with Crippen molar-refractivity contribution in [2.45, 2.75) is 12.5 Å². The molecule has 16 heavy (non-hydrogen) atoms. The summed E-state index contributed by atoms with van der Waals surface area (Å²) < 4.78 is 7.40. The summed E-state index contributed by atoms with van der Waals surface area (Å²) in [5.74, 6) is 0.355. The van der Waals surface area contributed by atoms with E-state index in [1.54, 1.807) is 6.08 Å². The normalized spacial score (nSPS) is 20.8. The topological polar surface area (TPSA) is 43.2 Å². The molecule has 0 radical (unpaired) electrons. The second kappa shape index (κ2) is 4.76. The molecule has 88 valence electrons. The second-order valence-electron chi connectivity index (χ2n) is 4.26. The zero-order chi connectivity index (χ0) is 11.5. The minimum absolute atomic E-state index is 0.355. The van der Waals surface area contributed by atoms with Crippen molar-refractivity contribution < 1.29 is 4.74 Å². The summed E-state index contributed by atoms with van der Waals surface area (Å²) in [4.78, 5) is 2.25. The molecule has 5 nitrogen and oxygen atoms in total. The van der Waals surface area contributed by atoms with Crippen molar-refractivity contribution >= 4 is 0 Å². The van der Waals surface area contributed by atoms with E-state index in [2.05, 4.69) is 28.8 Å². The maximum Gasteiger partial charge on any atom is 0.100 e. The molecular weight excluding hydrogens is 204 g/mol. The van der Waals surface area contributed by atoms with Gasteiger partial charge < -0.3 is 4.74 Å². The number of fused-ring (bicyclic) bond motifs is 1. The SMILES string of the molecule is C=CCOC[C@@H]1CN(C)Cc2nnn(C)c21. The van der Waals surface area contributed by atoms with Crippen LogP contribution in [0.3, 0.4) is 0 Å². The Labute approximate surface area is 95.7 Å². The van der Waals surface area contributed by atoms with Crippen LogP contribution in [0.2, 0.25) is 0 Å². The Morgan fingerprint density at radius 1 is 1.56 bits per heavy atom. The molecule has 2 heterocycles. The van der Waals surface area contributed by atoms with E-state index in [1.165, 1.54) is 5.69 Å². The fraction of sp³-hybridized carbons (Fsp3) is 0.636. The van der Waals surface area contributed by atoms with Gasteiger partial charge >= 0.3 is 0 Å². The summed E-state index contributed by atoms with van der Waals surface area (Å²) in [6, 6.07) is 0. The predicted molar refractivity (Wildman–Crippen MR) is 61.1 cm³/mol. The van der Waals surface area contributed by atoms with Crippen LogP contribution in [0.1, 0.15) is 17.3 Å². The molecule has 0 bridgehead atoms. The molecule has 0 fully saturated rings. The molecule has 1 aromatic heterocycles. The first kappa shape index (κ1) is 11.3. The summed E-state index contributed by atoms with van der Waals surface area (Å²) in [7, 11) is 4.04. The van der Waals surface area contributed by atoms with E-state index in [0.717, 1.165) is 18.8 Å². The Balaban J connectivity index is 2.12. The largest absolute Gasteiger partial charge is 0.377 e. The van der Waals surface area contributed by atoms with E-state index in [9.17, 15) is 0 Å². The van der Waals surface area contributed by atoms with Gasteiger partial charge in [-0.1, -0.05) is 11.3 Å². The van der Waals surface area contributed by atoms with Crippen LogP contribution in [0.15, 0.2) is 12.7 Å². The van der Waals surface area contributed by atoms with E-state index in [-0.39, 0.29) is 0 Å². The van der Waals surface area contributed by atoms with Crippen molar-refractivity contribution in [2.24, 2.45) is 7.05 Å². The minimum Gasteiger partial charge on any atom is -0.377 e. The smallest absolute Gasteiger partial charge is 0.100 e. The summed E-state index contributed by atoms with van der Waals surface area (Å²) in [5.41, 5.74) is 2.28. The Morgan fingerprint density at radius 3 is 3.12 bits per heavy atom. The van der Waals surface area contributed by atoms with E-state index < -0.39 is 0 Å². The Hall–Kier alpha value is -1.20. The van der Waals surface area contributed by atoms with Crippen LogP contribution < -0.4 is 0 Å². The van der Waals surface area contributed by atoms with Crippen molar-refractivity contribution in [3.05, 3.63) is 24.0 Å². The first-order valence-corrected chi connectivity index (χ1v) is 5.48. The lowest BCUT2D eigenvalue weighted by Crippen LogP contribution is -2.33. The van der Waals surface area contributed by atoms with Crippen LogP contribution in [-0.2, 0) is 18.3 Å². The van der Waals surface area contributed by atoms with Gasteiger partial charge in [0.05, 0.1) is 18.9 Å². The van der Waals surface area contributed by atoms with Gasteiger partial charge in [0.15, 0.2) is 0 Å². The quantitative estimate of drug-likeness (QED) is 0.551. The average Bonchev–Trinajstić information content (AvgIpc) is 2.60. The molecule has 0 aliphatic carbocycles. The van der Waals surface area contributed by atoms with Gasteiger partial charge in [0.25, 0.3) is 0 Å². The van der Waals surface area contributed by atoms with Crippen LogP contribution in [0.25, 0.3) is 0 Å². The van der Waals surface area contributed by atoms with Crippen LogP contribution in [0.5, 0.6) is 0 Å². The standard InChI is InChI=1S/C11H18N4O/c1-4-5-16-8-9-6-14(2)7-10-11(9)15(3)13-12-10/h4,9H,1,5-8H2,2-3H3/t9-/m0/s1. The summed E-state index contributed by atoms with van der Waals surface area (Å²) in [5, 5.41) is 8.26. The average molecular weight is 222 g/mol. The van der Waals surface area contributed by atoms with Crippen molar-refractivity contribution in [3.8, 4) is 0 Å². The Morgan fingerprint density at radius 2 is 2.38 bits per heavy atom. The number of rotatable bonds is 4. The molecule has 5 heteroatoms. The third-order valence-corrected chi connectivity index (χ3v) is 2.84. The summed E-state index contributed by atoms with van der Waals surface area (Å²) in [6.07, 6.45) is 1.77. The third-order valence-electron chi connectivity index (χ3n) is 2.84. The van der Waals surface area contributed by atoms with Crippen molar-refractivity contribution in [3.63, 3.8) is 0 Å². The Kier molecular flexibility index (Phi) is 3.36. The van der Waals surface area contributed by atoms with Crippen molar-refractivity contribution in [1.29, 1.82) is 0 Å². The molecule has 1 aromatic rings. The minimum atomic E-state index is 0.355. The lowest BCUT2D eigenvalue weighted by Gasteiger charge is -2.29. The summed E-state index contributed by atoms with van der Waals surface area (Å²) >= 11 is 0. The van der Waals surface area contributed by atoms with Crippen molar-refractivity contribution in [2.75, 3.05) is 26.8 Å². The van der Waals surface area contributed by atoms with Gasteiger partial charge in [-0.25, -0.2) is 0 Å². The number of hydrogen-bond acceptors (Lipinski definition) is 4. The van der Waals surface area contributed by atoms with Crippen molar-refractivity contribution in [1.82, 2.24) is 19.9 Å². The molecule has 1 atom stereocenters. The number of hydrogen-bond donors (Lipinski definition) is 0. The number of likely N-dealkylation sites (N-methyl/N-ethyl adjacent to an activating group) is 1. The van der Waals surface area contributed by atoms with Crippen LogP contribution in [0.4, 0.5) is 0 Å². The maximum absolute atomic E-state index is 5.54. The monoisotopic (exact) mass is 222 g/mol. The molecule has 0 N–H and O–H groups in total. The molecular formula is C11H18N4O. The first-order valence-electron chi connectivity index (χ1n) is 5.48. The fourth-order valence-electron chi connectivity index (χ4n) is 2.23. The molecule has 2 rings (SSSR count). The number of ether oxygens (including phenoxy) is 1. The number of nitrogens with zero attached hydrogens (tertiary/aromatic N) is 4.